The number of hydrogen-bond acceptors (Lipinski definition) is 5. The van der Waals surface area contributed by atoms with Crippen molar-refractivity contribution in [2.75, 3.05) is 0 Å². The van der Waals surface area contributed by atoms with Crippen molar-refractivity contribution in [3.63, 3.8) is 0 Å². The van der Waals surface area contributed by atoms with Gasteiger partial charge in [-0.15, -0.1) is 0 Å². The first kappa shape index (κ1) is 12.5. The number of nitrogens with zero attached hydrogens (tertiary/aromatic N) is 2. The van der Waals surface area contributed by atoms with Gasteiger partial charge in [-0.25, -0.2) is 13.1 Å². The third-order valence-electron chi connectivity index (χ3n) is 2.20. The van der Waals surface area contributed by atoms with E-state index in [1.165, 1.54) is 12.1 Å². The van der Waals surface area contributed by atoms with Gasteiger partial charge in [0.05, 0.1) is 12.2 Å². The molecule has 8 heteroatoms. The monoisotopic (exact) mass is 269 g/mol. The quantitative estimate of drug-likeness (QED) is 0.788. The van der Waals surface area contributed by atoms with E-state index >= 15 is 0 Å². The van der Waals surface area contributed by atoms with Gasteiger partial charge < -0.3 is 4.42 Å². The molecule has 1 N–H and O–H groups in total. The molecular formula is C10H11N3O4S. The van der Waals surface area contributed by atoms with E-state index in [2.05, 4.69) is 9.82 Å². The lowest BCUT2D eigenvalue weighted by Gasteiger charge is -2.01. The second kappa shape index (κ2) is 4.75. The summed E-state index contributed by atoms with van der Waals surface area (Å²) in [4.78, 5) is 10.4. The Hall–Kier alpha value is -1.93. The maximum Gasteiger partial charge on any atom is 0.274 e. The third kappa shape index (κ3) is 2.66. The van der Waals surface area contributed by atoms with Gasteiger partial charge in [0, 0.05) is 13.2 Å². The van der Waals surface area contributed by atoms with Gasteiger partial charge in [-0.1, -0.05) is 0 Å². The molecule has 2 aromatic heterocycles. The molecule has 0 aromatic carbocycles. The van der Waals surface area contributed by atoms with Crippen LogP contribution >= 0.6 is 0 Å². The lowest BCUT2D eigenvalue weighted by molar-refractivity contribution is 0.109. The Morgan fingerprint density at radius 3 is 2.78 bits per heavy atom. The fourth-order valence-corrected chi connectivity index (χ4v) is 2.27. The highest BCUT2D eigenvalue weighted by Crippen LogP contribution is 2.12. The molecule has 7 nitrogen and oxygen atoms in total. The van der Waals surface area contributed by atoms with Crippen LogP contribution < -0.4 is 4.72 Å². The van der Waals surface area contributed by atoms with Crippen molar-refractivity contribution in [3.8, 4) is 0 Å². The van der Waals surface area contributed by atoms with E-state index in [0.717, 1.165) is 0 Å². The lowest BCUT2D eigenvalue weighted by atomic mass is 10.4. The van der Waals surface area contributed by atoms with E-state index in [4.69, 9.17) is 4.42 Å². The van der Waals surface area contributed by atoms with Crippen LogP contribution in [0.4, 0.5) is 0 Å². The lowest BCUT2D eigenvalue weighted by Crippen LogP contribution is -2.23. The Labute approximate surface area is 103 Å². The molecule has 96 valence electrons. The van der Waals surface area contributed by atoms with Gasteiger partial charge in [-0.2, -0.15) is 5.10 Å². The van der Waals surface area contributed by atoms with Gasteiger partial charge in [-0.05, 0) is 18.2 Å². The second-order valence-corrected chi connectivity index (χ2v) is 5.28. The molecular weight excluding hydrogens is 258 g/mol. The molecule has 0 atom stereocenters. The maximum atomic E-state index is 11.8. The summed E-state index contributed by atoms with van der Waals surface area (Å²) in [6.07, 6.45) is 2.15. The number of nitrogens with one attached hydrogen (secondary N) is 1. The minimum atomic E-state index is -3.76. The topological polar surface area (TPSA) is 94.2 Å². The summed E-state index contributed by atoms with van der Waals surface area (Å²) in [5, 5.41) is 3.74. The zero-order chi connectivity index (χ0) is 13.2. The molecule has 0 aliphatic heterocycles. The standard InChI is InChI=1S/C10H11N3O4S/c1-13-5-4-8(12-13)6-11-18(15,16)10-3-2-9(7-14)17-10/h2-5,7,11H,6H2,1H3. The van der Waals surface area contributed by atoms with E-state index in [1.54, 1.807) is 24.0 Å². The summed E-state index contributed by atoms with van der Waals surface area (Å²) in [5.74, 6) is -0.0341. The Kier molecular flexibility index (Phi) is 3.30. The van der Waals surface area contributed by atoms with Crippen LogP contribution in [0.1, 0.15) is 16.2 Å². The first-order valence-corrected chi connectivity index (χ1v) is 6.53. The second-order valence-electron chi connectivity index (χ2n) is 3.58. The molecule has 2 rings (SSSR count). The van der Waals surface area contributed by atoms with Crippen LogP contribution in [0.15, 0.2) is 33.9 Å². The summed E-state index contributed by atoms with van der Waals surface area (Å²) in [6.45, 7) is 0.0558. The van der Waals surface area contributed by atoms with Crippen molar-refractivity contribution in [3.05, 3.63) is 35.9 Å². The molecule has 0 amide bonds. The van der Waals surface area contributed by atoms with Gasteiger partial charge >= 0.3 is 0 Å². The summed E-state index contributed by atoms with van der Waals surface area (Å²) in [6, 6.07) is 4.22. The predicted molar refractivity (Wildman–Crippen MR) is 61.3 cm³/mol. The summed E-state index contributed by atoms with van der Waals surface area (Å²) in [5.41, 5.74) is 0.586. The highest BCUT2D eigenvalue weighted by atomic mass is 32.2. The van der Waals surface area contributed by atoms with Crippen molar-refractivity contribution in [1.29, 1.82) is 0 Å². The molecule has 0 aliphatic rings. The zero-order valence-corrected chi connectivity index (χ0v) is 10.3. The number of carbonyl (C=O) groups excluding carboxylic acids is 1. The van der Waals surface area contributed by atoms with E-state index in [1.807, 2.05) is 0 Å². The van der Waals surface area contributed by atoms with E-state index < -0.39 is 10.0 Å². The molecule has 2 aromatic rings. The fourth-order valence-electron chi connectivity index (χ4n) is 1.34. The number of hydrogen-bond donors (Lipinski definition) is 1. The predicted octanol–water partition coefficient (Wildman–Crippen LogP) is 0.304. The molecule has 0 unspecified atom stereocenters. The van der Waals surface area contributed by atoms with Crippen LogP contribution in [0.25, 0.3) is 0 Å². The molecule has 0 saturated carbocycles. The van der Waals surface area contributed by atoms with Crippen LogP contribution in [0, 0.1) is 0 Å². The first-order valence-electron chi connectivity index (χ1n) is 5.04. The van der Waals surface area contributed by atoms with E-state index in [9.17, 15) is 13.2 Å². The Morgan fingerprint density at radius 1 is 1.44 bits per heavy atom. The Bertz CT molecular complexity index is 656. The van der Waals surface area contributed by atoms with Crippen molar-refractivity contribution in [2.24, 2.45) is 7.05 Å². The van der Waals surface area contributed by atoms with Crippen molar-refractivity contribution < 1.29 is 17.6 Å². The number of sulfonamides is 1. The minimum absolute atomic E-state index is 0.0341. The maximum absolute atomic E-state index is 11.8. The summed E-state index contributed by atoms with van der Waals surface area (Å²) >= 11 is 0. The zero-order valence-electron chi connectivity index (χ0n) is 9.53. The van der Waals surface area contributed by atoms with Crippen molar-refractivity contribution in [2.45, 2.75) is 11.6 Å². The van der Waals surface area contributed by atoms with Gasteiger partial charge in [-0.3, -0.25) is 9.48 Å². The number of aldehydes is 1. The fraction of sp³-hybridized carbons (Fsp3) is 0.200. The molecule has 18 heavy (non-hydrogen) atoms. The smallest absolute Gasteiger partial charge is 0.274 e. The average Bonchev–Trinajstić information content (AvgIpc) is 2.95. The van der Waals surface area contributed by atoms with Gasteiger partial charge in [0.2, 0.25) is 5.09 Å². The number of aromatic nitrogens is 2. The minimum Gasteiger partial charge on any atom is -0.440 e. The number of carbonyl (C=O) groups is 1. The first-order chi connectivity index (χ1) is 8.51. The molecule has 2 heterocycles. The third-order valence-corrected chi connectivity index (χ3v) is 3.47. The number of furan rings is 1. The van der Waals surface area contributed by atoms with Crippen molar-refractivity contribution in [1.82, 2.24) is 14.5 Å². The summed E-state index contributed by atoms with van der Waals surface area (Å²) < 4.78 is 32.3. The van der Waals surface area contributed by atoms with Gasteiger partial charge in [0.1, 0.15) is 0 Å². The van der Waals surface area contributed by atoms with E-state index in [-0.39, 0.29) is 17.4 Å². The largest absolute Gasteiger partial charge is 0.440 e. The molecule has 0 fully saturated rings. The molecule has 0 aliphatic carbocycles. The number of rotatable bonds is 5. The van der Waals surface area contributed by atoms with Crippen LogP contribution in [-0.4, -0.2) is 24.5 Å². The van der Waals surface area contributed by atoms with Crippen LogP contribution in [0.2, 0.25) is 0 Å². The molecule has 0 saturated heterocycles. The average molecular weight is 269 g/mol. The summed E-state index contributed by atoms with van der Waals surface area (Å²) in [7, 11) is -2.03. The van der Waals surface area contributed by atoms with Crippen LogP contribution in [0.5, 0.6) is 0 Å². The highest BCUT2D eigenvalue weighted by Gasteiger charge is 2.18. The van der Waals surface area contributed by atoms with E-state index in [0.29, 0.717) is 12.0 Å². The Morgan fingerprint density at radius 2 is 2.22 bits per heavy atom. The molecule has 0 radical (unpaired) electrons. The Balaban J connectivity index is 2.09. The normalized spacial score (nSPS) is 11.6. The number of aryl methyl sites for hydroxylation is 1. The molecule has 0 bridgehead atoms. The highest BCUT2D eigenvalue weighted by molar-refractivity contribution is 7.89. The molecule has 0 spiro atoms. The van der Waals surface area contributed by atoms with Gasteiger partial charge in [0.25, 0.3) is 10.0 Å². The van der Waals surface area contributed by atoms with Crippen molar-refractivity contribution >= 4 is 16.3 Å². The van der Waals surface area contributed by atoms with Crippen LogP contribution in [-0.2, 0) is 23.6 Å². The van der Waals surface area contributed by atoms with Gasteiger partial charge in [0.15, 0.2) is 12.0 Å². The van der Waals surface area contributed by atoms with Crippen LogP contribution in [0.3, 0.4) is 0 Å². The SMILES string of the molecule is Cn1ccc(CNS(=O)(=O)c2ccc(C=O)o2)n1.